The number of methoxy groups -OCH3 is 1. The zero-order chi connectivity index (χ0) is 12.1. The SMILES string of the molecule is COc1ccsc1C(=O)NCCC1CCCN1. The highest BCUT2D eigenvalue weighted by Crippen LogP contribution is 2.23. The predicted molar refractivity (Wildman–Crippen MR) is 68.8 cm³/mol. The molecular weight excluding hydrogens is 236 g/mol. The van der Waals surface area contributed by atoms with Gasteiger partial charge in [-0.1, -0.05) is 0 Å². The Morgan fingerprint density at radius 1 is 1.71 bits per heavy atom. The minimum atomic E-state index is -0.0325. The number of hydrogen-bond donors (Lipinski definition) is 2. The van der Waals surface area contributed by atoms with Crippen molar-refractivity contribution in [2.24, 2.45) is 0 Å². The van der Waals surface area contributed by atoms with Gasteiger partial charge < -0.3 is 15.4 Å². The van der Waals surface area contributed by atoms with Crippen LogP contribution in [0, 0.1) is 0 Å². The molecule has 1 aromatic heterocycles. The molecule has 1 fully saturated rings. The third-order valence-corrected chi connectivity index (χ3v) is 3.89. The van der Waals surface area contributed by atoms with Crippen molar-refractivity contribution >= 4 is 17.2 Å². The lowest BCUT2D eigenvalue weighted by Crippen LogP contribution is -2.30. The molecule has 4 nitrogen and oxygen atoms in total. The van der Waals surface area contributed by atoms with Crippen LogP contribution in [0.1, 0.15) is 28.9 Å². The van der Waals surface area contributed by atoms with Crippen LogP contribution in [0.2, 0.25) is 0 Å². The standard InChI is InChI=1S/C12H18N2O2S/c1-16-10-5-8-17-11(10)12(15)14-7-4-9-3-2-6-13-9/h5,8-9,13H,2-4,6-7H2,1H3,(H,14,15). The highest BCUT2D eigenvalue weighted by Gasteiger charge is 2.16. The first kappa shape index (κ1) is 12.4. The van der Waals surface area contributed by atoms with Crippen molar-refractivity contribution in [1.29, 1.82) is 0 Å². The van der Waals surface area contributed by atoms with Gasteiger partial charge in [0.2, 0.25) is 0 Å². The summed E-state index contributed by atoms with van der Waals surface area (Å²) in [6.45, 7) is 1.83. The Morgan fingerprint density at radius 3 is 3.29 bits per heavy atom. The normalized spacial score (nSPS) is 19.2. The monoisotopic (exact) mass is 254 g/mol. The molecule has 1 atom stereocenters. The summed E-state index contributed by atoms with van der Waals surface area (Å²) >= 11 is 1.41. The summed E-state index contributed by atoms with van der Waals surface area (Å²) in [5, 5.41) is 8.22. The van der Waals surface area contributed by atoms with E-state index in [2.05, 4.69) is 10.6 Å². The molecule has 0 saturated carbocycles. The van der Waals surface area contributed by atoms with Gasteiger partial charge in [-0.3, -0.25) is 4.79 Å². The molecule has 0 aliphatic carbocycles. The van der Waals surface area contributed by atoms with E-state index in [0.29, 0.717) is 16.7 Å². The van der Waals surface area contributed by atoms with Crippen LogP contribution < -0.4 is 15.4 Å². The molecule has 2 rings (SSSR count). The van der Waals surface area contributed by atoms with E-state index in [9.17, 15) is 4.79 Å². The molecule has 5 heteroatoms. The largest absolute Gasteiger partial charge is 0.495 e. The van der Waals surface area contributed by atoms with Gasteiger partial charge in [0.05, 0.1) is 7.11 Å². The minimum absolute atomic E-state index is 0.0325. The molecule has 2 heterocycles. The van der Waals surface area contributed by atoms with E-state index in [1.165, 1.54) is 24.2 Å². The van der Waals surface area contributed by atoms with E-state index in [-0.39, 0.29) is 5.91 Å². The van der Waals surface area contributed by atoms with Crippen LogP contribution >= 0.6 is 11.3 Å². The fourth-order valence-electron chi connectivity index (χ4n) is 2.07. The Kier molecular flexibility index (Phi) is 4.39. The third kappa shape index (κ3) is 3.20. The number of thiophene rings is 1. The number of hydrogen-bond acceptors (Lipinski definition) is 4. The molecule has 1 aliphatic rings. The minimum Gasteiger partial charge on any atom is -0.495 e. The summed E-state index contributed by atoms with van der Waals surface area (Å²) in [7, 11) is 1.58. The quantitative estimate of drug-likeness (QED) is 0.839. The highest BCUT2D eigenvalue weighted by molar-refractivity contribution is 7.12. The first-order valence-corrected chi connectivity index (χ1v) is 6.82. The second-order valence-electron chi connectivity index (χ2n) is 4.16. The topological polar surface area (TPSA) is 50.4 Å². The number of ether oxygens (including phenoxy) is 1. The van der Waals surface area contributed by atoms with Gasteiger partial charge in [-0.15, -0.1) is 11.3 Å². The third-order valence-electron chi connectivity index (χ3n) is 3.00. The number of nitrogens with one attached hydrogen (secondary N) is 2. The van der Waals surface area contributed by atoms with Crippen molar-refractivity contribution in [2.75, 3.05) is 20.2 Å². The lowest BCUT2D eigenvalue weighted by Gasteiger charge is -2.10. The molecule has 1 amide bonds. The lowest BCUT2D eigenvalue weighted by atomic mass is 10.1. The maximum Gasteiger partial charge on any atom is 0.265 e. The van der Waals surface area contributed by atoms with Gasteiger partial charge in [0.1, 0.15) is 10.6 Å². The fraction of sp³-hybridized carbons (Fsp3) is 0.583. The molecule has 94 valence electrons. The Bertz CT molecular complexity index is 372. The Morgan fingerprint density at radius 2 is 2.59 bits per heavy atom. The summed E-state index contributed by atoms with van der Waals surface area (Å²) in [6, 6.07) is 2.39. The van der Waals surface area contributed by atoms with Crippen LogP contribution in [0.5, 0.6) is 5.75 Å². The van der Waals surface area contributed by atoms with Crippen LogP contribution in [0.15, 0.2) is 11.4 Å². The van der Waals surface area contributed by atoms with Crippen LogP contribution in [-0.2, 0) is 0 Å². The maximum atomic E-state index is 11.9. The molecule has 2 N–H and O–H groups in total. The molecule has 0 bridgehead atoms. The summed E-state index contributed by atoms with van der Waals surface area (Å²) in [5.74, 6) is 0.626. The van der Waals surface area contributed by atoms with Crippen LogP contribution in [0.3, 0.4) is 0 Å². The molecule has 1 aliphatic heterocycles. The Hall–Kier alpha value is -1.07. The van der Waals surface area contributed by atoms with Crippen molar-refractivity contribution in [1.82, 2.24) is 10.6 Å². The number of amides is 1. The van der Waals surface area contributed by atoms with Gasteiger partial charge in [0.25, 0.3) is 5.91 Å². The van der Waals surface area contributed by atoms with Gasteiger partial charge in [-0.2, -0.15) is 0 Å². The van der Waals surface area contributed by atoms with Gasteiger partial charge in [-0.05, 0) is 37.3 Å². The highest BCUT2D eigenvalue weighted by atomic mass is 32.1. The Labute approximate surface area is 105 Å². The molecule has 1 saturated heterocycles. The number of carbonyl (C=O) groups is 1. The van der Waals surface area contributed by atoms with Gasteiger partial charge in [-0.25, -0.2) is 0 Å². The molecule has 1 unspecified atom stereocenters. The molecule has 0 radical (unpaired) electrons. The first-order chi connectivity index (χ1) is 8.31. The smallest absolute Gasteiger partial charge is 0.265 e. The summed E-state index contributed by atoms with van der Waals surface area (Å²) < 4.78 is 5.12. The van der Waals surface area contributed by atoms with Crippen molar-refractivity contribution in [3.05, 3.63) is 16.3 Å². The van der Waals surface area contributed by atoms with Crippen LogP contribution in [0.25, 0.3) is 0 Å². The molecule has 0 spiro atoms. The Balaban J connectivity index is 1.77. The second-order valence-corrected chi connectivity index (χ2v) is 5.07. The molecule has 17 heavy (non-hydrogen) atoms. The second kappa shape index (κ2) is 6.02. The molecular formula is C12H18N2O2S. The predicted octanol–water partition coefficient (Wildman–Crippen LogP) is 1.63. The van der Waals surface area contributed by atoms with E-state index in [1.54, 1.807) is 7.11 Å². The summed E-state index contributed by atoms with van der Waals surface area (Å²) in [6.07, 6.45) is 3.47. The van der Waals surface area contributed by atoms with Crippen molar-refractivity contribution < 1.29 is 9.53 Å². The van der Waals surface area contributed by atoms with Crippen molar-refractivity contribution in [2.45, 2.75) is 25.3 Å². The van der Waals surface area contributed by atoms with E-state index in [4.69, 9.17) is 4.74 Å². The van der Waals surface area contributed by atoms with E-state index < -0.39 is 0 Å². The van der Waals surface area contributed by atoms with E-state index >= 15 is 0 Å². The van der Waals surface area contributed by atoms with E-state index in [0.717, 1.165) is 19.5 Å². The zero-order valence-corrected chi connectivity index (χ0v) is 10.8. The molecule has 0 aromatic carbocycles. The van der Waals surface area contributed by atoms with Crippen molar-refractivity contribution in [3.63, 3.8) is 0 Å². The number of carbonyl (C=O) groups excluding carboxylic acids is 1. The van der Waals surface area contributed by atoms with Crippen LogP contribution in [-0.4, -0.2) is 32.1 Å². The summed E-state index contributed by atoms with van der Waals surface area (Å²) in [5.41, 5.74) is 0. The first-order valence-electron chi connectivity index (χ1n) is 5.94. The maximum absolute atomic E-state index is 11.9. The average Bonchev–Trinajstić information content (AvgIpc) is 2.99. The average molecular weight is 254 g/mol. The van der Waals surface area contributed by atoms with Crippen LogP contribution in [0.4, 0.5) is 0 Å². The van der Waals surface area contributed by atoms with Crippen molar-refractivity contribution in [3.8, 4) is 5.75 Å². The van der Waals surface area contributed by atoms with Gasteiger partial charge in [0, 0.05) is 12.6 Å². The van der Waals surface area contributed by atoms with Gasteiger partial charge >= 0.3 is 0 Å². The fourth-order valence-corrected chi connectivity index (χ4v) is 2.84. The lowest BCUT2D eigenvalue weighted by molar-refractivity contribution is 0.0953. The van der Waals surface area contributed by atoms with E-state index in [1.807, 2.05) is 11.4 Å². The number of rotatable bonds is 5. The summed E-state index contributed by atoms with van der Waals surface area (Å²) in [4.78, 5) is 12.5. The molecule has 1 aromatic rings. The van der Waals surface area contributed by atoms with Gasteiger partial charge in [0.15, 0.2) is 0 Å². The zero-order valence-electron chi connectivity index (χ0n) is 9.99.